The van der Waals surface area contributed by atoms with E-state index >= 15 is 0 Å². The third kappa shape index (κ3) is 2.67. The van der Waals surface area contributed by atoms with Gasteiger partial charge in [0.05, 0.1) is 0 Å². The lowest BCUT2D eigenvalue weighted by molar-refractivity contribution is 0.0788. The van der Waals surface area contributed by atoms with E-state index < -0.39 is 0 Å². The zero-order valence-corrected chi connectivity index (χ0v) is 10.9. The number of fused-ring (bicyclic) bond motifs is 1. The summed E-state index contributed by atoms with van der Waals surface area (Å²) in [5, 5.41) is 2.12. The minimum absolute atomic E-state index is 0.00537. The Kier molecular flexibility index (Phi) is 3.92. The van der Waals surface area contributed by atoms with Crippen molar-refractivity contribution in [1.82, 2.24) is 9.88 Å². The van der Waals surface area contributed by atoms with E-state index in [0.29, 0.717) is 5.69 Å². The van der Waals surface area contributed by atoms with Gasteiger partial charge in [0.25, 0.3) is 5.91 Å². The van der Waals surface area contributed by atoms with Crippen LogP contribution in [0.25, 0.3) is 10.8 Å². The summed E-state index contributed by atoms with van der Waals surface area (Å²) < 4.78 is 0. The molecule has 0 aliphatic carbocycles. The summed E-state index contributed by atoms with van der Waals surface area (Å²) in [7, 11) is 1.83. The molecule has 0 spiro atoms. The average molecular weight is 242 g/mol. The second-order valence-electron chi connectivity index (χ2n) is 4.50. The molecule has 0 saturated heterocycles. The highest BCUT2D eigenvalue weighted by Gasteiger charge is 2.12. The molecule has 0 bridgehead atoms. The van der Waals surface area contributed by atoms with E-state index in [-0.39, 0.29) is 5.91 Å². The van der Waals surface area contributed by atoms with E-state index in [1.165, 1.54) is 0 Å². The van der Waals surface area contributed by atoms with Crippen molar-refractivity contribution in [3.05, 3.63) is 42.2 Å². The SMILES string of the molecule is CCCCN(C)C(=O)c1cc2ccccc2cn1. The van der Waals surface area contributed by atoms with Crippen LogP contribution in [0.2, 0.25) is 0 Å². The molecule has 0 unspecified atom stereocenters. The number of hydrogen-bond donors (Lipinski definition) is 0. The number of nitrogens with zero attached hydrogens (tertiary/aromatic N) is 2. The number of benzene rings is 1. The maximum Gasteiger partial charge on any atom is 0.272 e. The first-order valence-electron chi connectivity index (χ1n) is 6.32. The highest BCUT2D eigenvalue weighted by molar-refractivity contribution is 5.96. The number of unbranched alkanes of at least 4 members (excludes halogenated alkanes) is 1. The van der Waals surface area contributed by atoms with Gasteiger partial charge >= 0.3 is 0 Å². The molecular weight excluding hydrogens is 224 g/mol. The first-order valence-corrected chi connectivity index (χ1v) is 6.32. The average Bonchev–Trinajstić information content (AvgIpc) is 2.43. The Balaban J connectivity index is 2.22. The lowest BCUT2D eigenvalue weighted by Crippen LogP contribution is -2.28. The number of amides is 1. The van der Waals surface area contributed by atoms with Gasteiger partial charge in [-0.2, -0.15) is 0 Å². The van der Waals surface area contributed by atoms with Crippen molar-refractivity contribution in [1.29, 1.82) is 0 Å². The molecule has 0 saturated carbocycles. The molecule has 2 aromatic rings. The Morgan fingerprint density at radius 1 is 1.28 bits per heavy atom. The molecule has 1 heterocycles. The molecule has 0 aliphatic heterocycles. The van der Waals surface area contributed by atoms with Gasteiger partial charge in [0.15, 0.2) is 0 Å². The van der Waals surface area contributed by atoms with Crippen molar-refractivity contribution >= 4 is 16.7 Å². The molecule has 0 N–H and O–H groups in total. The van der Waals surface area contributed by atoms with Crippen molar-refractivity contribution in [3.8, 4) is 0 Å². The minimum atomic E-state index is -0.00537. The van der Waals surface area contributed by atoms with Crippen LogP contribution in [0.1, 0.15) is 30.3 Å². The normalized spacial score (nSPS) is 10.6. The topological polar surface area (TPSA) is 33.2 Å². The van der Waals surface area contributed by atoms with E-state index in [1.54, 1.807) is 11.1 Å². The molecular formula is C15H18N2O. The van der Waals surface area contributed by atoms with E-state index in [2.05, 4.69) is 11.9 Å². The van der Waals surface area contributed by atoms with E-state index in [9.17, 15) is 4.79 Å². The molecule has 1 aromatic carbocycles. The Bertz CT molecular complexity index is 551. The van der Waals surface area contributed by atoms with Crippen LogP contribution in [0.3, 0.4) is 0 Å². The van der Waals surface area contributed by atoms with Crippen LogP contribution in [0, 0.1) is 0 Å². The largest absolute Gasteiger partial charge is 0.340 e. The summed E-state index contributed by atoms with van der Waals surface area (Å²) in [6, 6.07) is 9.80. The second kappa shape index (κ2) is 5.63. The fourth-order valence-corrected chi connectivity index (χ4v) is 1.89. The summed E-state index contributed by atoms with van der Waals surface area (Å²) >= 11 is 0. The van der Waals surface area contributed by atoms with Crippen molar-refractivity contribution in [3.63, 3.8) is 0 Å². The van der Waals surface area contributed by atoms with Crippen molar-refractivity contribution in [2.24, 2.45) is 0 Å². The quantitative estimate of drug-likeness (QED) is 0.825. The maximum atomic E-state index is 12.2. The van der Waals surface area contributed by atoms with Gasteiger partial charge in [-0.05, 0) is 17.9 Å². The number of carbonyl (C=O) groups is 1. The predicted octanol–water partition coefficient (Wildman–Crippen LogP) is 3.11. The van der Waals surface area contributed by atoms with Crippen LogP contribution < -0.4 is 0 Å². The number of hydrogen-bond acceptors (Lipinski definition) is 2. The number of rotatable bonds is 4. The van der Waals surface area contributed by atoms with Crippen LogP contribution in [-0.2, 0) is 0 Å². The van der Waals surface area contributed by atoms with Gasteiger partial charge in [0, 0.05) is 25.2 Å². The summed E-state index contributed by atoms with van der Waals surface area (Å²) in [4.78, 5) is 18.1. The predicted molar refractivity (Wildman–Crippen MR) is 73.6 cm³/mol. The van der Waals surface area contributed by atoms with Gasteiger partial charge in [0.1, 0.15) is 5.69 Å². The standard InChI is InChI=1S/C15H18N2O/c1-3-4-9-17(2)15(18)14-10-12-7-5-6-8-13(12)11-16-14/h5-8,10-11H,3-4,9H2,1-2H3. The maximum absolute atomic E-state index is 12.2. The summed E-state index contributed by atoms with van der Waals surface area (Å²) in [5.41, 5.74) is 0.521. The molecule has 1 aromatic heterocycles. The van der Waals surface area contributed by atoms with Crippen LogP contribution in [0.5, 0.6) is 0 Å². The summed E-state index contributed by atoms with van der Waals surface area (Å²) in [5.74, 6) is -0.00537. The highest BCUT2D eigenvalue weighted by Crippen LogP contribution is 2.14. The first kappa shape index (κ1) is 12.6. The summed E-state index contributed by atoms with van der Waals surface area (Å²) in [6.07, 6.45) is 3.87. The molecule has 1 amide bonds. The Labute approximate surface area is 107 Å². The monoisotopic (exact) mass is 242 g/mol. The second-order valence-corrected chi connectivity index (χ2v) is 4.50. The fourth-order valence-electron chi connectivity index (χ4n) is 1.89. The highest BCUT2D eigenvalue weighted by atomic mass is 16.2. The Hall–Kier alpha value is -1.90. The number of carbonyl (C=O) groups excluding carboxylic acids is 1. The zero-order valence-electron chi connectivity index (χ0n) is 10.9. The lowest BCUT2D eigenvalue weighted by Gasteiger charge is -2.16. The molecule has 0 atom stereocenters. The van der Waals surface area contributed by atoms with Gasteiger partial charge in [0.2, 0.25) is 0 Å². The van der Waals surface area contributed by atoms with E-state index in [4.69, 9.17) is 0 Å². The molecule has 0 aliphatic rings. The third-order valence-electron chi connectivity index (χ3n) is 3.04. The van der Waals surface area contributed by atoms with Crippen molar-refractivity contribution in [2.45, 2.75) is 19.8 Å². The number of aromatic nitrogens is 1. The molecule has 2 rings (SSSR count). The summed E-state index contributed by atoms with van der Waals surface area (Å²) in [6.45, 7) is 2.90. The Morgan fingerprint density at radius 3 is 2.72 bits per heavy atom. The van der Waals surface area contributed by atoms with Gasteiger partial charge in [-0.15, -0.1) is 0 Å². The van der Waals surface area contributed by atoms with Gasteiger partial charge in [-0.25, -0.2) is 0 Å². The van der Waals surface area contributed by atoms with Crippen molar-refractivity contribution < 1.29 is 4.79 Å². The van der Waals surface area contributed by atoms with Crippen LogP contribution in [-0.4, -0.2) is 29.4 Å². The minimum Gasteiger partial charge on any atom is -0.340 e. The molecule has 0 fully saturated rings. The molecule has 94 valence electrons. The van der Waals surface area contributed by atoms with Gasteiger partial charge in [-0.1, -0.05) is 37.6 Å². The zero-order chi connectivity index (χ0) is 13.0. The first-order chi connectivity index (χ1) is 8.72. The lowest BCUT2D eigenvalue weighted by atomic mass is 10.1. The van der Waals surface area contributed by atoms with Gasteiger partial charge < -0.3 is 4.90 Å². The van der Waals surface area contributed by atoms with Crippen LogP contribution in [0.15, 0.2) is 36.5 Å². The van der Waals surface area contributed by atoms with Gasteiger partial charge in [-0.3, -0.25) is 9.78 Å². The van der Waals surface area contributed by atoms with Crippen LogP contribution >= 0.6 is 0 Å². The fraction of sp³-hybridized carbons (Fsp3) is 0.333. The molecule has 18 heavy (non-hydrogen) atoms. The third-order valence-corrected chi connectivity index (χ3v) is 3.04. The Morgan fingerprint density at radius 2 is 2.00 bits per heavy atom. The number of pyridine rings is 1. The van der Waals surface area contributed by atoms with E-state index in [0.717, 1.165) is 30.2 Å². The molecule has 3 nitrogen and oxygen atoms in total. The smallest absolute Gasteiger partial charge is 0.272 e. The van der Waals surface area contributed by atoms with Crippen LogP contribution in [0.4, 0.5) is 0 Å². The molecule has 3 heteroatoms. The molecule has 0 radical (unpaired) electrons. The van der Waals surface area contributed by atoms with E-state index in [1.807, 2.05) is 37.4 Å². The van der Waals surface area contributed by atoms with Crippen molar-refractivity contribution in [2.75, 3.05) is 13.6 Å².